The number of carbonyl (C=O) groups is 1. The molecule has 1 heterocycles. The summed E-state index contributed by atoms with van der Waals surface area (Å²) in [6.45, 7) is 12.1. The first kappa shape index (κ1) is 19.6. The van der Waals surface area contributed by atoms with Crippen LogP contribution in [0.5, 0.6) is 0 Å². The van der Waals surface area contributed by atoms with Gasteiger partial charge < -0.3 is 19.7 Å². The van der Waals surface area contributed by atoms with Gasteiger partial charge in [0.05, 0.1) is 6.61 Å². The molecular formula is C20H32N2O3. The summed E-state index contributed by atoms with van der Waals surface area (Å²) in [4.78, 5) is 14.2. The largest absolute Gasteiger partial charge is 0.444 e. The molecule has 0 radical (unpaired) electrons. The Bertz CT molecular complexity index is 593. The SMILES string of the molecule is COCc1cccc(NC2CCN(C(=O)OC(C)(C)C)CC2(C)C)c1. The van der Waals surface area contributed by atoms with E-state index in [1.54, 1.807) is 7.11 Å². The van der Waals surface area contributed by atoms with Gasteiger partial charge in [0.1, 0.15) is 5.60 Å². The second-order valence-corrected chi connectivity index (χ2v) is 8.51. The Hall–Kier alpha value is -1.75. The number of rotatable bonds is 4. The molecule has 5 nitrogen and oxygen atoms in total. The van der Waals surface area contributed by atoms with Crippen LogP contribution in [0.1, 0.15) is 46.6 Å². The number of amides is 1. The zero-order valence-corrected chi connectivity index (χ0v) is 16.4. The number of anilines is 1. The van der Waals surface area contributed by atoms with Crippen LogP contribution >= 0.6 is 0 Å². The lowest BCUT2D eigenvalue weighted by atomic mass is 9.79. The monoisotopic (exact) mass is 348 g/mol. The molecule has 5 heteroatoms. The summed E-state index contributed by atoms with van der Waals surface area (Å²) >= 11 is 0. The Kier molecular flexibility index (Phi) is 5.99. The van der Waals surface area contributed by atoms with Gasteiger partial charge in [0.25, 0.3) is 0 Å². The van der Waals surface area contributed by atoms with Crippen molar-refractivity contribution in [2.24, 2.45) is 5.41 Å². The van der Waals surface area contributed by atoms with E-state index in [9.17, 15) is 4.79 Å². The number of hydrogen-bond donors (Lipinski definition) is 1. The molecular weight excluding hydrogens is 316 g/mol. The van der Waals surface area contributed by atoms with Crippen LogP contribution in [0.4, 0.5) is 10.5 Å². The molecule has 140 valence electrons. The Balaban J connectivity index is 2.01. The quantitative estimate of drug-likeness (QED) is 0.882. The van der Waals surface area contributed by atoms with Gasteiger partial charge in [-0.2, -0.15) is 0 Å². The number of ether oxygens (including phenoxy) is 2. The normalized spacial score (nSPS) is 20.2. The van der Waals surface area contributed by atoms with Gasteiger partial charge in [-0.1, -0.05) is 26.0 Å². The zero-order valence-electron chi connectivity index (χ0n) is 16.4. The topological polar surface area (TPSA) is 50.8 Å². The highest BCUT2D eigenvalue weighted by Gasteiger charge is 2.38. The third-order valence-corrected chi connectivity index (χ3v) is 4.46. The lowest BCUT2D eigenvalue weighted by Crippen LogP contribution is -2.54. The summed E-state index contributed by atoms with van der Waals surface area (Å²) in [6, 6.07) is 8.60. The fourth-order valence-corrected chi connectivity index (χ4v) is 3.23. The molecule has 1 amide bonds. The maximum absolute atomic E-state index is 12.4. The molecule has 1 saturated heterocycles. The second-order valence-electron chi connectivity index (χ2n) is 8.51. The first-order valence-electron chi connectivity index (χ1n) is 8.93. The van der Waals surface area contributed by atoms with Gasteiger partial charge in [0.2, 0.25) is 0 Å². The fraction of sp³-hybridized carbons (Fsp3) is 0.650. The van der Waals surface area contributed by atoms with Crippen molar-refractivity contribution in [3.8, 4) is 0 Å². The first-order chi connectivity index (χ1) is 11.6. The van der Waals surface area contributed by atoms with E-state index in [4.69, 9.17) is 9.47 Å². The Morgan fingerprint density at radius 1 is 1.36 bits per heavy atom. The molecule has 1 unspecified atom stereocenters. The molecule has 0 bridgehead atoms. The molecule has 0 aromatic heterocycles. The molecule has 1 aliphatic heterocycles. The molecule has 1 aromatic rings. The van der Waals surface area contributed by atoms with Crippen LogP contribution in [0.15, 0.2) is 24.3 Å². The maximum atomic E-state index is 12.4. The Labute approximate surface area is 151 Å². The summed E-state index contributed by atoms with van der Waals surface area (Å²) < 4.78 is 10.7. The minimum atomic E-state index is -0.460. The third kappa shape index (κ3) is 5.63. The van der Waals surface area contributed by atoms with Crippen molar-refractivity contribution in [3.63, 3.8) is 0 Å². The average Bonchev–Trinajstić information content (AvgIpc) is 2.48. The first-order valence-corrected chi connectivity index (χ1v) is 8.93. The molecule has 25 heavy (non-hydrogen) atoms. The fourth-order valence-electron chi connectivity index (χ4n) is 3.23. The van der Waals surface area contributed by atoms with E-state index < -0.39 is 5.60 Å². The third-order valence-electron chi connectivity index (χ3n) is 4.46. The van der Waals surface area contributed by atoms with Gasteiger partial charge >= 0.3 is 6.09 Å². The number of piperidine rings is 1. The van der Waals surface area contributed by atoms with Crippen molar-refractivity contribution < 1.29 is 14.3 Å². The summed E-state index contributed by atoms with van der Waals surface area (Å²) in [6.07, 6.45) is 0.668. The number of methoxy groups -OCH3 is 1. The molecule has 1 N–H and O–H groups in total. The summed E-state index contributed by atoms with van der Waals surface area (Å²) in [5.41, 5.74) is 1.74. The summed E-state index contributed by atoms with van der Waals surface area (Å²) in [5, 5.41) is 3.64. The predicted octanol–water partition coefficient (Wildman–Crippen LogP) is 4.28. The molecule has 1 fully saturated rings. The lowest BCUT2D eigenvalue weighted by molar-refractivity contribution is 0.00691. The van der Waals surface area contributed by atoms with Gasteiger partial charge in [-0.3, -0.25) is 0 Å². The zero-order chi connectivity index (χ0) is 18.7. The van der Waals surface area contributed by atoms with E-state index in [2.05, 4.69) is 37.4 Å². The maximum Gasteiger partial charge on any atom is 0.410 e. The lowest BCUT2D eigenvalue weighted by Gasteiger charge is -2.45. The van der Waals surface area contributed by atoms with Gasteiger partial charge in [-0.05, 0) is 44.9 Å². The number of nitrogens with one attached hydrogen (secondary N) is 1. The number of carbonyl (C=O) groups excluding carboxylic acids is 1. The smallest absolute Gasteiger partial charge is 0.410 e. The van der Waals surface area contributed by atoms with Crippen LogP contribution in [-0.4, -0.2) is 42.8 Å². The standard InChI is InChI=1S/C20H32N2O3/c1-19(2,3)25-18(23)22-11-10-17(20(4,5)14-22)21-16-9-7-8-15(12-16)13-24-6/h7-9,12,17,21H,10-11,13-14H2,1-6H3. The van der Waals surface area contributed by atoms with Crippen LogP contribution in [0.3, 0.4) is 0 Å². The van der Waals surface area contributed by atoms with Crippen LogP contribution < -0.4 is 5.32 Å². The van der Waals surface area contributed by atoms with E-state index in [0.717, 1.165) is 17.7 Å². The van der Waals surface area contributed by atoms with E-state index >= 15 is 0 Å². The van der Waals surface area contributed by atoms with Crippen molar-refractivity contribution in [2.75, 3.05) is 25.5 Å². The van der Waals surface area contributed by atoms with Gasteiger partial charge in [0.15, 0.2) is 0 Å². The van der Waals surface area contributed by atoms with Gasteiger partial charge in [0, 0.05) is 37.3 Å². The van der Waals surface area contributed by atoms with E-state index in [-0.39, 0.29) is 11.5 Å². The van der Waals surface area contributed by atoms with Crippen molar-refractivity contribution in [1.29, 1.82) is 0 Å². The number of nitrogens with zero attached hydrogens (tertiary/aromatic N) is 1. The number of likely N-dealkylation sites (tertiary alicyclic amines) is 1. The van der Waals surface area contributed by atoms with Crippen LogP contribution in [0, 0.1) is 5.41 Å². The number of benzene rings is 1. The minimum Gasteiger partial charge on any atom is -0.444 e. The minimum absolute atomic E-state index is 0.0492. The Morgan fingerprint density at radius 3 is 2.68 bits per heavy atom. The average molecular weight is 348 g/mol. The molecule has 1 aromatic carbocycles. The van der Waals surface area contributed by atoms with E-state index in [1.165, 1.54) is 0 Å². The number of hydrogen-bond acceptors (Lipinski definition) is 4. The van der Waals surface area contributed by atoms with E-state index in [1.807, 2.05) is 31.7 Å². The molecule has 1 aliphatic rings. The van der Waals surface area contributed by atoms with Crippen LogP contribution in [-0.2, 0) is 16.1 Å². The predicted molar refractivity (Wildman–Crippen MR) is 101 cm³/mol. The highest BCUT2D eigenvalue weighted by molar-refractivity contribution is 5.68. The molecule has 1 atom stereocenters. The molecule has 0 spiro atoms. The van der Waals surface area contributed by atoms with Crippen molar-refractivity contribution in [2.45, 2.75) is 59.3 Å². The van der Waals surface area contributed by atoms with Crippen molar-refractivity contribution in [3.05, 3.63) is 29.8 Å². The molecule has 2 rings (SSSR count). The molecule has 0 saturated carbocycles. The van der Waals surface area contributed by atoms with Crippen molar-refractivity contribution in [1.82, 2.24) is 4.90 Å². The van der Waals surface area contributed by atoms with Gasteiger partial charge in [-0.15, -0.1) is 0 Å². The van der Waals surface area contributed by atoms with Crippen LogP contribution in [0.2, 0.25) is 0 Å². The van der Waals surface area contributed by atoms with Gasteiger partial charge in [-0.25, -0.2) is 4.79 Å². The molecule has 0 aliphatic carbocycles. The van der Waals surface area contributed by atoms with Crippen molar-refractivity contribution >= 4 is 11.8 Å². The Morgan fingerprint density at radius 2 is 2.08 bits per heavy atom. The summed E-state index contributed by atoms with van der Waals surface area (Å²) in [7, 11) is 1.70. The van der Waals surface area contributed by atoms with Crippen LogP contribution in [0.25, 0.3) is 0 Å². The second kappa shape index (κ2) is 7.65. The van der Waals surface area contributed by atoms with E-state index in [0.29, 0.717) is 25.7 Å². The highest BCUT2D eigenvalue weighted by atomic mass is 16.6. The highest BCUT2D eigenvalue weighted by Crippen LogP contribution is 2.32. The summed E-state index contributed by atoms with van der Waals surface area (Å²) in [5.74, 6) is 0.